The number of piperidine rings is 1. The lowest BCUT2D eigenvalue weighted by atomic mass is 9.86. The first-order chi connectivity index (χ1) is 9.05. The minimum Gasteiger partial charge on any atom is -0.394 e. The Kier molecular flexibility index (Phi) is 5.23. The third kappa shape index (κ3) is 3.69. The number of aliphatic hydroxyl groups is 1. The minimum absolute atomic E-state index is 0.153. The summed E-state index contributed by atoms with van der Waals surface area (Å²) in [6, 6.07) is 0.758. The number of rotatable bonds is 5. The molecule has 112 valence electrons. The van der Waals surface area contributed by atoms with Crippen LogP contribution in [0.4, 0.5) is 0 Å². The quantitative estimate of drug-likeness (QED) is 0.778. The van der Waals surface area contributed by atoms with Gasteiger partial charge in [0.15, 0.2) is 0 Å². The lowest BCUT2D eigenvalue weighted by molar-refractivity contribution is 0.118. The Morgan fingerprint density at radius 3 is 2.53 bits per heavy atom. The van der Waals surface area contributed by atoms with Crippen molar-refractivity contribution in [2.24, 2.45) is 11.7 Å². The molecule has 0 aromatic carbocycles. The van der Waals surface area contributed by atoms with Crippen LogP contribution in [0, 0.1) is 5.92 Å². The van der Waals surface area contributed by atoms with Gasteiger partial charge >= 0.3 is 0 Å². The van der Waals surface area contributed by atoms with Gasteiger partial charge in [-0.3, -0.25) is 0 Å². The van der Waals surface area contributed by atoms with Crippen LogP contribution < -0.4 is 5.73 Å². The van der Waals surface area contributed by atoms with E-state index in [1.807, 2.05) is 0 Å². The molecule has 2 unspecified atom stereocenters. The summed E-state index contributed by atoms with van der Waals surface area (Å²) in [4.78, 5) is 4.93. The van der Waals surface area contributed by atoms with Crippen molar-refractivity contribution in [2.45, 2.75) is 50.1 Å². The van der Waals surface area contributed by atoms with E-state index >= 15 is 0 Å². The molecule has 2 aliphatic rings. The highest BCUT2D eigenvalue weighted by atomic mass is 16.3. The van der Waals surface area contributed by atoms with Crippen LogP contribution in [-0.4, -0.2) is 66.8 Å². The van der Waals surface area contributed by atoms with E-state index in [1.165, 1.54) is 38.8 Å². The summed E-state index contributed by atoms with van der Waals surface area (Å²) in [6.45, 7) is 3.74. The number of aliphatic hydroxyl groups excluding tert-OH is 1. The molecule has 1 saturated carbocycles. The Morgan fingerprint density at radius 1 is 1.26 bits per heavy atom. The lowest BCUT2D eigenvalue weighted by Crippen LogP contribution is -2.48. The molecule has 0 aromatic heterocycles. The first kappa shape index (κ1) is 15.2. The Bertz CT molecular complexity index is 277. The zero-order valence-electron chi connectivity index (χ0n) is 12.6. The summed E-state index contributed by atoms with van der Waals surface area (Å²) in [5.41, 5.74) is 6.02. The van der Waals surface area contributed by atoms with E-state index in [0.717, 1.165) is 25.4 Å². The highest BCUT2D eigenvalue weighted by Crippen LogP contribution is 2.35. The van der Waals surface area contributed by atoms with E-state index in [-0.39, 0.29) is 12.1 Å². The van der Waals surface area contributed by atoms with Gasteiger partial charge in [0.2, 0.25) is 0 Å². The summed E-state index contributed by atoms with van der Waals surface area (Å²) in [6.07, 6.45) is 7.10. The molecule has 2 rings (SSSR count). The van der Waals surface area contributed by atoms with Crippen LogP contribution in [0.25, 0.3) is 0 Å². The number of hydrogen-bond acceptors (Lipinski definition) is 4. The molecule has 0 spiro atoms. The smallest absolute Gasteiger partial charge is 0.0613 e. The molecule has 1 aliphatic carbocycles. The molecule has 2 fully saturated rings. The molecule has 4 heteroatoms. The fourth-order valence-corrected chi connectivity index (χ4v) is 3.81. The second kappa shape index (κ2) is 6.53. The SMILES string of the molecule is CN(C)C1CCN(CCC2CCCC2(N)CO)CC1. The molecule has 0 amide bonds. The maximum atomic E-state index is 9.48. The van der Waals surface area contributed by atoms with Crippen molar-refractivity contribution in [3.63, 3.8) is 0 Å². The molecule has 0 bridgehead atoms. The van der Waals surface area contributed by atoms with Crippen molar-refractivity contribution in [3.05, 3.63) is 0 Å². The van der Waals surface area contributed by atoms with E-state index in [1.54, 1.807) is 0 Å². The van der Waals surface area contributed by atoms with Crippen LogP contribution in [0.3, 0.4) is 0 Å². The predicted octanol–water partition coefficient (Wildman–Crippen LogP) is 0.892. The highest BCUT2D eigenvalue weighted by Gasteiger charge is 2.38. The third-order valence-corrected chi connectivity index (χ3v) is 5.38. The summed E-state index contributed by atoms with van der Waals surface area (Å²) >= 11 is 0. The van der Waals surface area contributed by atoms with Gasteiger partial charge < -0.3 is 20.6 Å². The zero-order chi connectivity index (χ0) is 13.9. The Hall–Kier alpha value is -0.160. The molecular weight excluding hydrogens is 238 g/mol. The summed E-state index contributed by atoms with van der Waals surface area (Å²) in [7, 11) is 4.37. The van der Waals surface area contributed by atoms with E-state index < -0.39 is 0 Å². The second-order valence-corrected chi connectivity index (χ2v) is 6.81. The second-order valence-electron chi connectivity index (χ2n) is 6.81. The van der Waals surface area contributed by atoms with Gasteiger partial charge in [-0.25, -0.2) is 0 Å². The molecule has 3 N–H and O–H groups in total. The van der Waals surface area contributed by atoms with Gasteiger partial charge in [-0.05, 0) is 71.8 Å². The normalized spacial score (nSPS) is 34.3. The standard InChI is InChI=1S/C15H31N3O/c1-17(2)14-6-10-18(11-7-14)9-5-13-4-3-8-15(13,16)12-19/h13-14,19H,3-12,16H2,1-2H3. The summed E-state index contributed by atoms with van der Waals surface area (Å²) < 4.78 is 0. The molecule has 19 heavy (non-hydrogen) atoms. The monoisotopic (exact) mass is 269 g/mol. The molecule has 1 heterocycles. The fourth-order valence-electron chi connectivity index (χ4n) is 3.81. The third-order valence-electron chi connectivity index (χ3n) is 5.38. The van der Waals surface area contributed by atoms with Gasteiger partial charge in [0.25, 0.3) is 0 Å². The first-order valence-corrected chi connectivity index (χ1v) is 7.83. The van der Waals surface area contributed by atoms with Crippen LogP contribution in [0.1, 0.15) is 38.5 Å². The topological polar surface area (TPSA) is 52.7 Å². The average molecular weight is 269 g/mol. The van der Waals surface area contributed by atoms with Gasteiger partial charge in [0, 0.05) is 11.6 Å². The largest absolute Gasteiger partial charge is 0.394 e. The van der Waals surface area contributed by atoms with Gasteiger partial charge in [-0.2, -0.15) is 0 Å². The predicted molar refractivity (Wildman–Crippen MR) is 79.1 cm³/mol. The van der Waals surface area contributed by atoms with Gasteiger partial charge in [0.05, 0.1) is 6.61 Å². The molecule has 4 nitrogen and oxygen atoms in total. The van der Waals surface area contributed by atoms with Gasteiger partial charge in [0.1, 0.15) is 0 Å². The van der Waals surface area contributed by atoms with Crippen molar-refractivity contribution >= 4 is 0 Å². The minimum atomic E-state index is -0.290. The van der Waals surface area contributed by atoms with Crippen LogP contribution in [0.15, 0.2) is 0 Å². The van der Waals surface area contributed by atoms with E-state index in [0.29, 0.717) is 5.92 Å². The maximum absolute atomic E-state index is 9.48. The number of hydrogen-bond donors (Lipinski definition) is 2. The molecule has 1 saturated heterocycles. The molecule has 2 atom stereocenters. The van der Waals surface area contributed by atoms with Crippen molar-refractivity contribution < 1.29 is 5.11 Å². The average Bonchev–Trinajstić information content (AvgIpc) is 2.79. The summed E-state index contributed by atoms with van der Waals surface area (Å²) in [5, 5.41) is 9.48. The van der Waals surface area contributed by atoms with Crippen molar-refractivity contribution in [1.29, 1.82) is 0 Å². The molecule has 0 radical (unpaired) electrons. The highest BCUT2D eigenvalue weighted by molar-refractivity contribution is 4.96. The Morgan fingerprint density at radius 2 is 1.95 bits per heavy atom. The maximum Gasteiger partial charge on any atom is 0.0613 e. The van der Waals surface area contributed by atoms with Crippen molar-refractivity contribution in [3.8, 4) is 0 Å². The van der Waals surface area contributed by atoms with Crippen molar-refractivity contribution in [2.75, 3.05) is 40.3 Å². The van der Waals surface area contributed by atoms with E-state index in [2.05, 4.69) is 23.9 Å². The lowest BCUT2D eigenvalue weighted by Gasteiger charge is -2.37. The molecule has 1 aliphatic heterocycles. The Labute approximate surface area is 117 Å². The van der Waals surface area contributed by atoms with Gasteiger partial charge in [-0.15, -0.1) is 0 Å². The van der Waals surface area contributed by atoms with E-state index in [9.17, 15) is 5.11 Å². The van der Waals surface area contributed by atoms with Crippen LogP contribution in [0.5, 0.6) is 0 Å². The molecular formula is C15H31N3O. The van der Waals surface area contributed by atoms with Crippen molar-refractivity contribution in [1.82, 2.24) is 9.80 Å². The zero-order valence-corrected chi connectivity index (χ0v) is 12.6. The Balaban J connectivity index is 1.72. The van der Waals surface area contributed by atoms with Crippen LogP contribution in [-0.2, 0) is 0 Å². The molecule has 0 aromatic rings. The van der Waals surface area contributed by atoms with Gasteiger partial charge in [-0.1, -0.05) is 6.42 Å². The van der Waals surface area contributed by atoms with E-state index in [4.69, 9.17) is 5.73 Å². The number of likely N-dealkylation sites (tertiary alicyclic amines) is 1. The summed E-state index contributed by atoms with van der Waals surface area (Å²) in [5.74, 6) is 0.518. The first-order valence-electron chi connectivity index (χ1n) is 7.83. The fraction of sp³-hybridized carbons (Fsp3) is 1.00. The number of nitrogens with zero attached hydrogens (tertiary/aromatic N) is 2. The number of nitrogens with two attached hydrogens (primary N) is 1. The van der Waals surface area contributed by atoms with Crippen LogP contribution >= 0.6 is 0 Å². The van der Waals surface area contributed by atoms with Crippen LogP contribution in [0.2, 0.25) is 0 Å².